The number of hydrogen-bond acceptors (Lipinski definition) is 3. The summed E-state index contributed by atoms with van der Waals surface area (Å²) in [4.78, 5) is 12.0. The highest BCUT2D eigenvalue weighted by molar-refractivity contribution is 5.65. The fraction of sp³-hybridized carbons (Fsp3) is 0.750. The summed E-state index contributed by atoms with van der Waals surface area (Å²) in [5, 5.41) is 20.5. The molecule has 5 nitrogen and oxygen atoms in total. The Bertz CT molecular complexity index is 271. The molecule has 0 saturated carbocycles. The molecular formula is C12H22N2O3. The van der Waals surface area contributed by atoms with Gasteiger partial charge in [-0.1, -0.05) is 11.8 Å². The van der Waals surface area contributed by atoms with Gasteiger partial charge in [-0.3, -0.25) is 4.90 Å². The Morgan fingerprint density at radius 3 is 2.65 bits per heavy atom. The minimum absolute atomic E-state index is 0.0639. The first-order valence-corrected chi connectivity index (χ1v) is 5.90. The number of hydrogen-bond donors (Lipinski definition) is 3. The van der Waals surface area contributed by atoms with Gasteiger partial charge in [0.2, 0.25) is 0 Å². The van der Waals surface area contributed by atoms with Gasteiger partial charge in [0.25, 0.3) is 0 Å². The zero-order valence-electron chi connectivity index (χ0n) is 10.6. The maximum Gasteiger partial charge on any atom is 0.408 e. The largest absolute Gasteiger partial charge is 0.465 e. The molecule has 17 heavy (non-hydrogen) atoms. The average Bonchev–Trinajstić information content (AvgIpc) is 2.32. The average molecular weight is 242 g/mol. The second-order valence-electron chi connectivity index (χ2n) is 3.68. The van der Waals surface area contributed by atoms with Crippen LogP contribution in [0.15, 0.2) is 0 Å². The summed E-state index contributed by atoms with van der Waals surface area (Å²) in [6.07, 6.45) is 1.61. The van der Waals surface area contributed by atoms with E-state index in [0.717, 1.165) is 19.3 Å². The lowest BCUT2D eigenvalue weighted by Gasteiger charge is -2.13. The zero-order valence-corrected chi connectivity index (χ0v) is 10.6. The summed E-state index contributed by atoms with van der Waals surface area (Å²) in [5.74, 6) is 5.87. The Morgan fingerprint density at radius 2 is 2.18 bits per heavy atom. The van der Waals surface area contributed by atoms with Crippen LogP contribution in [0.4, 0.5) is 4.79 Å². The number of carbonyl (C=O) groups is 1. The third kappa shape index (κ3) is 7.61. The van der Waals surface area contributed by atoms with E-state index in [0.29, 0.717) is 6.54 Å². The Morgan fingerprint density at radius 1 is 1.47 bits per heavy atom. The minimum Gasteiger partial charge on any atom is -0.465 e. The second kappa shape index (κ2) is 9.94. The summed E-state index contributed by atoms with van der Waals surface area (Å²) < 4.78 is 0. The molecule has 0 aromatic heterocycles. The first-order valence-electron chi connectivity index (χ1n) is 5.90. The molecule has 0 fully saturated rings. The first kappa shape index (κ1) is 15.8. The molecule has 0 aromatic carbocycles. The van der Waals surface area contributed by atoms with E-state index < -0.39 is 6.09 Å². The molecule has 98 valence electrons. The molecule has 0 aliphatic rings. The maximum atomic E-state index is 10.7. The molecule has 0 bridgehead atoms. The lowest BCUT2D eigenvalue weighted by molar-refractivity contribution is 0.153. The minimum atomic E-state index is -0.942. The van der Waals surface area contributed by atoms with Crippen molar-refractivity contribution in [3.63, 3.8) is 0 Å². The SMILES string of the molecule is CCN(CC#CC(CCCCO)NC)C(=O)O. The van der Waals surface area contributed by atoms with Crippen LogP contribution in [0, 0.1) is 11.8 Å². The number of carboxylic acid groups (broad SMARTS) is 1. The molecule has 1 atom stereocenters. The molecule has 0 aliphatic heterocycles. The van der Waals surface area contributed by atoms with Gasteiger partial charge in [0.05, 0.1) is 12.6 Å². The van der Waals surface area contributed by atoms with Crippen LogP contribution in [-0.2, 0) is 0 Å². The summed E-state index contributed by atoms with van der Waals surface area (Å²) in [6, 6.07) is 0.0639. The molecule has 5 heteroatoms. The molecule has 1 amide bonds. The number of aliphatic hydroxyl groups excluding tert-OH is 1. The third-order valence-corrected chi connectivity index (χ3v) is 2.45. The van der Waals surface area contributed by atoms with Crippen molar-refractivity contribution in [3.05, 3.63) is 0 Å². The monoisotopic (exact) mass is 242 g/mol. The fourth-order valence-corrected chi connectivity index (χ4v) is 1.33. The molecule has 3 N–H and O–H groups in total. The number of nitrogens with zero attached hydrogens (tertiary/aromatic N) is 1. The topological polar surface area (TPSA) is 72.8 Å². The van der Waals surface area contributed by atoms with Crippen molar-refractivity contribution in [1.29, 1.82) is 0 Å². The number of aliphatic hydroxyl groups is 1. The quantitative estimate of drug-likeness (QED) is 0.455. The van der Waals surface area contributed by atoms with Crippen molar-refractivity contribution in [1.82, 2.24) is 10.2 Å². The van der Waals surface area contributed by atoms with Crippen LogP contribution in [0.2, 0.25) is 0 Å². The molecule has 0 aliphatic carbocycles. The molecule has 1 unspecified atom stereocenters. The molecular weight excluding hydrogens is 220 g/mol. The Balaban J connectivity index is 4.05. The maximum absolute atomic E-state index is 10.7. The standard InChI is InChI=1S/C12H22N2O3/c1-3-14(12(16)17)9-6-8-11(13-2)7-4-5-10-15/h11,13,15H,3-5,7,9-10H2,1-2H3,(H,16,17). The van der Waals surface area contributed by atoms with Crippen molar-refractivity contribution >= 4 is 6.09 Å². The third-order valence-electron chi connectivity index (χ3n) is 2.45. The van der Waals surface area contributed by atoms with E-state index in [1.54, 1.807) is 6.92 Å². The number of amides is 1. The van der Waals surface area contributed by atoms with E-state index in [9.17, 15) is 4.79 Å². The van der Waals surface area contributed by atoms with Gasteiger partial charge in [-0.2, -0.15) is 0 Å². The van der Waals surface area contributed by atoms with Crippen LogP contribution in [0.25, 0.3) is 0 Å². The normalized spacial score (nSPS) is 11.5. The number of nitrogens with one attached hydrogen (secondary N) is 1. The van der Waals surface area contributed by atoms with Gasteiger partial charge in [-0.05, 0) is 33.2 Å². The van der Waals surface area contributed by atoms with Gasteiger partial charge in [-0.15, -0.1) is 0 Å². The van der Waals surface area contributed by atoms with Gasteiger partial charge in [-0.25, -0.2) is 4.79 Å². The Hall–Kier alpha value is -1.25. The second-order valence-corrected chi connectivity index (χ2v) is 3.68. The Kier molecular flexibility index (Phi) is 9.21. The Labute approximate surface area is 103 Å². The zero-order chi connectivity index (χ0) is 13.1. The lowest BCUT2D eigenvalue weighted by Crippen LogP contribution is -2.30. The van der Waals surface area contributed by atoms with Gasteiger partial charge < -0.3 is 15.5 Å². The van der Waals surface area contributed by atoms with Gasteiger partial charge in [0.15, 0.2) is 0 Å². The van der Waals surface area contributed by atoms with E-state index in [1.165, 1.54) is 4.90 Å². The predicted molar refractivity (Wildman–Crippen MR) is 66.8 cm³/mol. The van der Waals surface area contributed by atoms with Crippen LogP contribution >= 0.6 is 0 Å². The molecule has 0 saturated heterocycles. The highest BCUT2D eigenvalue weighted by atomic mass is 16.4. The summed E-state index contributed by atoms with van der Waals surface area (Å²) in [7, 11) is 1.83. The molecule has 0 rings (SSSR count). The van der Waals surface area contributed by atoms with Gasteiger partial charge in [0.1, 0.15) is 0 Å². The van der Waals surface area contributed by atoms with E-state index in [2.05, 4.69) is 17.2 Å². The van der Waals surface area contributed by atoms with Gasteiger partial charge in [0, 0.05) is 13.2 Å². The van der Waals surface area contributed by atoms with Crippen LogP contribution in [0.5, 0.6) is 0 Å². The van der Waals surface area contributed by atoms with E-state index >= 15 is 0 Å². The molecule has 0 spiro atoms. The smallest absolute Gasteiger partial charge is 0.408 e. The molecule has 0 heterocycles. The van der Waals surface area contributed by atoms with E-state index in [4.69, 9.17) is 10.2 Å². The van der Waals surface area contributed by atoms with Crippen LogP contribution in [-0.4, -0.2) is 54.0 Å². The summed E-state index contributed by atoms with van der Waals surface area (Å²) in [5.41, 5.74) is 0. The highest BCUT2D eigenvalue weighted by Crippen LogP contribution is 1.99. The predicted octanol–water partition coefficient (Wildman–Crippen LogP) is 0.740. The van der Waals surface area contributed by atoms with Crippen molar-refractivity contribution in [2.75, 3.05) is 26.7 Å². The van der Waals surface area contributed by atoms with E-state index in [1.807, 2.05) is 7.05 Å². The lowest BCUT2D eigenvalue weighted by atomic mass is 10.1. The van der Waals surface area contributed by atoms with Crippen molar-refractivity contribution < 1.29 is 15.0 Å². The van der Waals surface area contributed by atoms with Crippen molar-refractivity contribution in [2.45, 2.75) is 32.2 Å². The van der Waals surface area contributed by atoms with Crippen LogP contribution in [0.1, 0.15) is 26.2 Å². The van der Waals surface area contributed by atoms with E-state index in [-0.39, 0.29) is 19.2 Å². The van der Waals surface area contributed by atoms with Crippen LogP contribution in [0.3, 0.4) is 0 Å². The van der Waals surface area contributed by atoms with Crippen molar-refractivity contribution in [2.24, 2.45) is 0 Å². The number of unbranched alkanes of at least 4 members (excludes halogenated alkanes) is 1. The highest BCUT2D eigenvalue weighted by Gasteiger charge is 2.06. The van der Waals surface area contributed by atoms with Crippen LogP contribution < -0.4 is 5.32 Å². The summed E-state index contributed by atoms with van der Waals surface area (Å²) in [6.45, 7) is 2.67. The summed E-state index contributed by atoms with van der Waals surface area (Å²) >= 11 is 0. The fourth-order valence-electron chi connectivity index (χ4n) is 1.33. The molecule has 0 radical (unpaired) electrons. The van der Waals surface area contributed by atoms with Crippen molar-refractivity contribution in [3.8, 4) is 11.8 Å². The first-order chi connectivity index (χ1) is 8.15. The molecule has 0 aromatic rings. The van der Waals surface area contributed by atoms with Gasteiger partial charge >= 0.3 is 6.09 Å². The number of rotatable bonds is 7.